The van der Waals surface area contributed by atoms with E-state index in [0.29, 0.717) is 39.2 Å². The van der Waals surface area contributed by atoms with Gasteiger partial charge in [-0.3, -0.25) is 19.3 Å². The quantitative estimate of drug-likeness (QED) is 0.225. The van der Waals surface area contributed by atoms with E-state index in [9.17, 15) is 23.6 Å². The van der Waals surface area contributed by atoms with Crippen LogP contribution in [-0.4, -0.2) is 45.1 Å². The Balaban J connectivity index is 1.45. The smallest absolute Gasteiger partial charge is 0.300 e. The molecule has 3 aromatic rings. The lowest BCUT2D eigenvalue weighted by molar-refractivity contribution is -0.147. The van der Waals surface area contributed by atoms with Gasteiger partial charge in [0.05, 0.1) is 23.6 Å². The third-order valence-corrected chi connectivity index (χ3v) is 10.3. The van der Waals surface area contributed by atoms with Crippen molar-refractivity contribution in [2.45, 2.75) is 56.1 Å². The molecule has 0 spiro atoms. The molecule has 1 saturated carbocycles. The van der Waals surface area contributed by atoms with Gasteiger partial charge in [0.2, 0.25) is 11.8 Å². The van der Waals surface area contributed by atoms with Crippen molar-refractivity contribution in [1.82, 2.24) is 9.80 Å². The molecule has 43 heavy (non-hydrogen) atoms. The first-order valence-electron chi connectivity index (χ1n) is 14.5. The molecule has 7 nitrogen and oxygen atoms in total. The Morgan fingerprint density at radius 2 is 1.58 bits per heavy atom. The Labute approximate surface area is 261 Å². The summed E-state index contributed by atoms with van der Waals surface area (Å²) in [6.45, 7) is 0. The van der Waals surface area contributed by atoms with Gasteiger partial charge < -0.3 is 4.90 Å². The number of carbonyl (C=O) groups excluding carboxylic acids is 4. The van der Waals surface area contributed by atoms with Gasteiger partial charge in [-0.15, -0.1) is 0 Å². The second-order valence-electron chi connectivity index (χ2n) is 11.8. The fraction of sp³-hybridized carbons (Fsp3) is 0.333. The van der Waals surface area contributed by atoms with Crippen molar-refractivity contribution >= 4 is 57.0 Å². The van der Waals surface area contributed by atoms with Crippen molar-refractivity contribution in [1.29, 1.82) is 0 Å². The number of likely N-dealkylation sites (tertiary alicyclic amines) is 1. The van der Waals surface area contributed by atoms with E-state index in [1.54, 1.807) is 48.5 Å². The number of fused-ring (bicyclic) bond motifs is 3. The first-order chi connectivity index (χ1) is 20.7. The van der Waals surface area contributed by atoms with Crippen LogP contribution >= 0.6 is 27.5 Å². The molecule has 7 rings (SSSR count). The van der Waals surface area contributed by atoms with Crippen molar-refractivity contribution in [3.63, 3.8) is 0 Å². The van der Waals surface area contributed by atoms with Crippen LogP contribution in [0.25, 0.3) is 0 Å². The van der Waals surface area contributed by atoms with Crippen LogP contribution in [0.4, 0.5) is 14.9 Å². The lowest BCUT2D eigenvalue weighted by atomic mass is 9.75. The zero-order valence-corrected chi connectivity index (χ0v) is 25.4. The topological polar surface area (TPSA) is 78.0 Å². The summed E-state index contributed by atoms with van der Waals surface area (Å²) in [4.78, 5) is 62.3. The molecule has 0 radical (unpaired) electrons. The number of urea groups is 1. The third kappa shape index (κ3) is 4.26. The van der Waals surface area contributed by atoms with Gasteiger partial charge in [0, 0.05) is 22.0 Å². The standard InChI is InChI=1S/C33H28BrClFN3O4/c34-21-5-4-8-25(17-21)38-31(42)33(18-19-9-13-22(35)14-10-19)27-26(29(40)37(30(27)41)24-6-2-1-3-7-24)28(39(33)32(38)43)20-11-15-23(36)16-12-20/h4-5,8-17,24,26-28H,1-3,6-7,18H2/t26?,27?,28?,33-/m1/s1. The van der Waals surface area contributed by atoms with Gasteiger partial charge in [-0.25, -0.2) is 14.1 Å². The van der Waals surface area contributed by atoms with Crippen molar-refractivity contribution in [2.24, 2.45) is 11.8 Å². The number of hydrogen-bond acceptors (Lipinski definition) is 4. The molecule has 1 aliphatic carbocycles. The molecule has 0 bridgehead atoms. The van der Waals surface area contributed by atoms with Crippen molar-refractivity contribution in [3.8, 4) is 0 Å². The number of amides is 5. The molecular weight excluding hydrogens is 637 g/mol. The molecule has 3 aliphatic heterocycles. The number of hydrogen-bond donors (Lipinski definition) is 0. The highest BCUT2D eigenvalue weighted by atomic mass is 79.9. The highest BCUT2D eigenvalue weighted by Crippen LogP contribution is 2.60. The first-order valence-corrected chi connectivity index (χ1v) is 15.7. The third-order valence-electron chi connectivity index (χ3n) is 9.52. The SMILES string of the molecule is O=C1C2C(c3ccc(F)cc3)N3C(=O)N(c4cccc(Br)c4)C(=O)[C@@]3(Cc3ccc(Cl)cc3)C2C(=O)N1C1CCCCC1. The fourth-order valence-corrected chi connectivity index (χ4v) is 8.26. The fourth-order valence-electron chi connectivity index (χ4n) is 7.75. The van der Waals surface area contributed by atoms with Gasteiger partial charge in [-0.05, 0) is 66.4 Å². The predicted molar refractivity (Wildman–Crippen MR) is 162 cm³/mol. The van der Waals surface area contributed by atoms with Crippen molar-refractivity contribution < 1.29 is 23.6 Å². The molecular formula is C33H28BrClFN3O4. The minimum Gasteiger partial charge on any atom is -0.300 e. The molecule has 3 aromatic carbocycles. The van der Waals surface area contributed by atoms with Crippen LogP contribution in [0.1, 0.15) is 49.3 Å². The summed E-state index contributed by atoms with van der Waals surface area (Å²) in [5.41, 5.74) is -0.142. The number of rotatable bonds is 5. The van der Waals surface area contributed by atoms with E-state index >= 15 is 0 Å². The Kier molecular flexibility index (Phi) is 6.93. The highest BCUT2D eigenvalue weighted by Gasteiger charge is 2.77. The number of halogens is 3. The molecule has 3 unspecified atom stereocenters. The number of imide groups is 2. The largest absolute Gasteiger partial charge is 0.332 e. The zero-order chi connectivity index (χ0) is 30.0. The summed E-state index contributed by atoms with van der Waals surface area (Å²) in [5.74, 6) is -3.90. The summed E-state index contributed by atoms with van der Waals surface area (Å²) in [6.07, 6.45) is 4.30. The van der Waals surface area contributed by atoms with E-state index in [-0.39, 0.29) is 18.4 Å². The molecule has 0 N–H and O–H groups in total. The Morgan fingerprint density at radius 3 is 2.26 bits per heavy atom. The average Bonchev–Trinajstić information content (AvgIpc) is 3.52. The van der Waals surface area contributed by atoms with Crippen molar-refractivity contribution in [3.05, 3.63) is 99.2 Å². The predicted octanol–water partition coefficient (Wildman–Crippen LogP) is 6.68. The van der Waals surface area contributed by atoms with Gasteiger partial charge in [0.15, 0.2) is 0 Å². The molecule has 10 heteroatoms. The Morgan fingerprint density at radius 1 is 0.884 bits per heavy atom. The minimum absolute atomic E-state index is 0.00956. The van der Waals surface area contributed by atoms with Crippen LogP contribution in [0, 0.1) is 17.7 Å². The van der Waals surface area contributed by atoms with Crippen LogP contribution in [0.2, 0.25) is 5.02 Å². The summed E-state index contributed by atoms with van der Waals surface area (Å²) in [7, 11) is 0. The maximum Gasteiger partial charge on any atom is 0.332 e. The molecule has 5 amide bonds. The normalized spacial score (nSPS) is 27.3. The van der Waals surface area contributed by atoms with E-state index in [0.717, 1.165) is 24.2 Å². The first kappa shape index (κ1) is 28.2. The van der Waals surface area contributed by atoms with E-state index < -0.39 is 47.1 Å². The van der Waals surface area contributed by atoms with E-state index in [4.69, 9.17) is 11.6 Å². The highest BCUT2D eigenvalue weighted by molar-refractivity contribution is 9.10. The molecule has 220 valence electrons. The molecule has 3 saturated heterocycles. The lowest BCUT2D eigenvalue weighted by Gasteiger charge is -2.37. The van der Waals surface area contributed by atoms with Gasteiger partial charge in [0.25, 0.3) is 5.91 Å². The minimum atomic E-state index is -1.69. The van der Waals surface area contributed by atoms with Crippen molar-refractivity contribution in [2.75, 3.05) is 4.90 Å². The molecule has 3 heterocycles. The van der Waals surface area contributed by atoms with Crippen LogP contribution in [0.15, 0.2) is 77.3 Å². The number of carbonyl (C=O) groups is 4. The van der Waals surface area contributed by atoms with Crippen LogP contribution in [-0.2, 0) is 20.8 Å². The number of benzene rings is 3. The van der Waals surface area contributed by atoms with Gasteiger partial charge in [-0.2, -0.15) is 0 Å². The Hall–Kier alpha value is -3.56. The Bertz CT molecular complexity index is 1640. The van der Waals surface area contributed by atoms with E-state index in [2.05, 4.69) is 15.9 Å². The molecule has 4 atom stereocenters. The second-order valence-corrected chi connectivity index (χ2v) is 13.2. The zero-order valence-electron chi connectivity index (χ0n) is 23.1. The van der Waals surface area contributed by atoms with Gasteiger partial charge in [0.1, 0.15) is 11.4 Å². The van der Waals surface area contributed by atoms with Crippen LogP contribution in [0.5, 0.6) is 0 Å². The number of anilines is 1. The summed E-state index contributed by atoms with van der Waals surface area (Å²) >= 11 is 9.62. The summed E-state index contributed by atoms with van der Waals surface area (Å²) in [6, 6.07) is 17.6. The lowest BCUT2D eigenvalue weighted by Crippen LogP contribution is -2.56. The van der Waals surface area contributed by atoms with Gasteiger partial charge in [-0.1, -0.05) is 77.1 Å². The maximum absolute atomic E-state index is 14.9. The molecule has 4 aliphatic rings. The van der Waals surface area contributed by atoms with Crippen LogP contribution < -0.4 is 4.90 Å². The number of nitrogens with zero attached hydrogens (tertiary/aromatic N) is 3. The average molecular weight is 665 g/mol. The van der Waals surface area contributed by atoms with E-state index in [1.807, 2.05) is 0 Å². The molecule has 4 fully saturated rings. The van der Waals surface area contributed by atoms with Crippen LogP contribution in [0.3, 0.4) is 0 Å². The van der Waals surface area contributed by atoms with E-state index in [1.165, 1.54) is 34.1 Å². The van der Waals surface area contributed by atoms with Gasteiger partial charge >= 0.3 is 6.03 Å². The summed E-state index contributed by atoms with van der Waals surface area (Å²) < 4.78 is 14.8. The second kappa shape index (κ2) is 10.6. The monoisotopic (exact) mass is 663 g/mol. The molecule has 0 aromatic heterocycles. The summed E-state index contributed by atoms with van der Waals surface area (Å²) in [5, 5.41) is 0.506. The maximum atomic E-state index is 14.9.